The number of hydrogen-bond donors (Lipinski definition) is 1. The first-order valence-electron chi connectivity index (χ1n) is 10.3. The molecule has 0 saturated heterocycles. The van der Waals surface area contributed by atoms with Crippen LogP contribution in [-0.2, 0) is 9.53 Å². The maximum Gasteiger partial charge on any atom is 0.306 e. The van der Waals surface area contributed by atoms with E-state index in [-0.39, 0.29) is 24.1 Å². The standard InChI is InChI=1S/C24H23ClO7/c1-13-8-17(22-11-19(26)16-4-3-5-18(25)23(16)32-22)21(12-20(13)29-2)31-7-6-30-15-9-14(10-15)24(27)28/h3-5,8,11-12,14-15H,6-7,9-10H2,1-2H3,(H,27,28)/t14-,15+. The molecular formula is C24H23ClO7. The van der Waals surface area contributed by atoms with E-state index >= 15 is 0 Å². The summed E-state index contributed by atoms with van der Waals surface area (Å²) < 4.78 is 23.0. The number of carboxylic acid groups (broad SMARTS) is 1. The fourth-order valence-corrected chi connectivity index (χ4v) is 3.96. The Kier molecular flexibility index (Phi) is 6.39. The molecule has 168 valence electrons. The Hall–Kier alpha value is -3.03. The number of ether oxygens (including phenoxy) is 3. The molecule has 3 aromatic rings. The van der Waals surface area contributed by atoms with Gasteiger partial charge in [-0.2, -0.15) is 0 Å². The molecule has 1 aliphatic rings. The Morgan fingerprint density at radius 3 is 2.69 bits per heavy atom. The van der Waals surface area contributed by atoms with Crippen LogP contribution in [-0.4, -0.2) is 37.5 Å². The smallest absolute Gasteiger partial charge is 0.306 e. The molecule has 0 aliphatic heterocycles. The number of aryl methyl sites for hydroxylation is 1. The van der Waals surface area contributed by atoms with Crippen molar-refractivity contribution in [1.82, 2.24) is 0 Å². The predicted octanol–water partition coefficient (Wildman–Crippen LogP) is 4.69. The van der Waals surface area contributed by atoms with Gasteiger partial charge in [0.05, 0.1) is 41.7 Å². The molecule has 0 atom stereocenters. The van der Waals surface area contributed by atoms with Gasteiger partial charge in [-0.1, -0.05) is 17.7 Å². The van der Waals surface area contributed by atoms with Crippen LogP contribution in [0.25, 0.3) is 22.3 Å². The second kappa shape index (κ2) is 9.22. The third-order valence-corrected chi connectivity index (χ3v) is 5.91. The zero-order chi connectivity index (χ0) is 22.8. The van der Waals surface area contributed by atoms with E-state index in [1.54, 1.807) is 31.4 Å². The van der Waals surface area contributed by atoms with E-state index in [2.05, 4.69) is 0 Å². The Morgan fingerprint density at radius 1 is 1.19 bits per heavy atom. The molecule has 1 aromatic heterocycles. The molecule has 32 heavy (non-hydrogen) atoms. The number of aliphatic carboxylic acids is 1. The summed E-state index contributed by atoms with van der Waals surface area (Å²) in [6.45, 7) is 2.43. The van der Waals surface area contributed by atoms with Gasteiger partial charge in [0.25, 0.3) is 0 Å². The molecule has 8 heteroatoms. The molecule has 7 nitrogen and oxygen atoms in total. The number of carbonyl (C=O) groups is 1. The van der Waals surface area contributed by atoms with E-state index in [4.69, 9.17) is 35.3 Å². The van der Waals surface area contributed by atoms with Crippen LogP contribution in [0.1, 0.15) is 18.4 Å². The van der Waals surface area contributed by atoms with Crippen molar-refractivity contribution in [2.24, 2.45) is 5.92 Å². The van der Waals surface area contributed by atoms with E-state index < -0.39 is 5.97 Å². The van der Waals surface area contributed by atoms with Gasteiger partial charge in [-0.05, 0) is 43.5 Å². The highest BCUT2D eigenvalue weighted by molar-refractivity contribution is 6.34. The number of fused-ring (bicyclic) bond motifs is 1. The van der Waals surface area contributed by atoms with Crippen molar-refractivity contribution in [3.8, 4) is 22.8 Å². The number of para-hydroxylation sites is 1. The topological polar surface area (TPSA) is 95.2 Å². The molecule has 2 aromatic carbocycles. The van der Waals surface area contributed by atoms with Gasteiger partial charge in [0.1, 0.15) is 23.9 Å². The average molecular weight is 459 g/mol. The van der Waals surface area contributed by atoms with Crippen LogP contribution in [0.2, 0.25) is 5.02 Å². The van der Waals surface area contributed by atoms with Crippen LogP contribution in [0.3, 0.4) is 0 Å². The van der Waals surface area contributed by atoms with Crippen molar-refractivity contribution < 1.29 is 28.5 Å². The van der Waals surface area contributed by atoms with Crippen LogP contribution in [0, 0.1) is 12.8 Å². The lowest BCUT2D eigenvalue weighted by Gasteiger charge is -2.32. The second-order valence-electron chi connectivity index (χ2n) is 7.76. The Bertz CT molecular complexity index is 1210. The number of methoxy groups -OCH3 is 1. The second-order valence-corrected chi connectivity index (χ2v) is 8.16. The van der Waals surface area contributed by atoms with Crippen molar-refractivity contribution in [3.63, 3.8) is 0 Å². The van der Waals surface area contributed by atoms with Crippen LogP contribution >= 0.6 is 11.6 Å². The average Bonchev–Trinajstić information content (AvgIpc) is 2.73. The summed E-state index contributed by atoms with van der Waals surface area (Å²) in [4.78, 5) is 23.5. The summed E-state index contributed by atoms with van der Waals surface area (Å²) in [5, 5.41) is 9.71. The van der Waals surface area contributed by atoms with Crippen molar-refractivity contribution in [2.75, 3.05) is 20.3 Å². The lowest BCUT2D eigenvalue weighted by Crippen LogP contribution is -2.37. The molecular weight excluding hydrogens is 436 g/mol. The fraction of sp³-hybridized carbons (Fsp3) is 0.333. The highest BCUT2D eigenvalue weighted by Crippen LogP contribution is 2.37. The lowest BCUT2D eigenvalue weighted by molar-refractivity contribution is -0.151. The minimum absolute atomic E-state index is 0.0626. The van der Waals surface area contributed by atoms with Crippen molar-refractivity contribution in [3.05, 3.63) is 57.2 Å². The van der Waals surface area contributed by atoms with Gasteiger partial charge in [-0.15, -0.1) is 0 Å². The summed E-state index contributed by atoms with van der Waals surface area (Å²) in [6, 6.07) is 10.0. The van der Waals surface area contributed by atoms with E-state index in [1.165, 1.54) is 6.07 Å². The van der Waals surface area contributed by atoms with Gasteiger partial charge in [-0.3, -0.25) is 9.59 Å². The maximum absolute atomic E-state index is 12.6. The molecule has 0 unspecified atom stereocenters. The first-order valence-corrected chi connectivity index (χ1v) is 10.6. The summed E-state index contributed by atoms with van der Waals surface area (Å²) >= 11 is 6.25. The van der Waals surface area contributed by atoms with Gasteiger partial charge in [0.2, 0.25) is 0 Å². The number of carboxylic acids is 1. The lowest BCUT2D eigenvalue weighted by atomic mass is 9.82. The van der Waals surface area contributed by atoms with Gasteiger partial charge >= 0.3 is 5.97 Å². The molecule has 0 bridgehead atoms. The zero-order valence-electron chi connectivity index (χ0n) is 17.7. The van der Waals surface area contributed by atoms with Crippen molar-refractivity contribution in [2.45, 2.75) is 25.9 Å². The van der Waals surface area contributed by atoms with Crippen LogP contribution in [0.5, 0.6) is 11.5 Å². The molecule has 0 spiro atoms. The molecule has 1 fully saturated rings. The van der Waals surface area contributed by atoms with Gasteiger partial charge in [0, 0.05) is 12.1 Å². The van der Waals surface area contributed by atoms with Crippen LogP contribution in [0.15, 0.2) is 45.6 Å². The summed E-state index contributed by atoms with van der Waals surface area (Å²) in [7, 11) is 1.57. The highest BCUT2D eigenvalue weighted by Gasteiger charge is 2.35. The molecule has 1 N–H and O–H groups in total. The van der Waals surface area contributed by atoms with E-state index in [0.29, 0.717) is 58.3 Å². The molecule has 0 amide bonds. The predicted molar refractivity (Wildman–Crippen MR) is 120 cm³/mol. The van der Waals surface area contributed by atoms with E-state index in [1.807, 2.05) is 13.0 Å². The maximum atomic E-state index is 12.6. The van der Waals surface area contributed by atoms with E-state index in [0.717, 1.165) is 5.56 Å². The Labute approximate surface area is 189 Å². The number of rotatable bonds is 8. The van der Waals surface area contributed by atoms with Gasteiger partial charge in [-0.25, -0.2) is 0 Å². The quantitative estimate of drug-likeness (QED) is 0.489. The SMILES string of the molecule is COc1cc(OCCO[C@H]2C[C@@H](C(=O)O)C2)c(-c2cc(=O)c3cccc(Cl)c3o2)cc1C. The molecule has 1 saturated carbocycles. The van der Waals surface area contributed by atoms with Crippen molar-refractivity contribution >= 4 is 28.5 Å². The monoisotopic (exact) mass is 458 g/mol. The largest absolute Gasteiger partial charge is 0.496 e. The molecule has 4 rings (SSSR count). The number of halogens is 1. The van der Waals surface area contributed by atoms with Gasteiger partial charge < -0.3 is 23.7 Å². The third kappa shape index (κ3) is 4.45. The molecule has 1 aliphatic carbocycles. The summed E-state index contributed by atoms with van der Waals surface area (Å²) in [5.74, 6) is 0.336. The molecule has 0 radical (unpaired) electrons. The Morgan fingerprint density at radius 2 is 1.97 bits per heavy atom. The normalized spacial score (nSPS) is 17.7. The van der Waals surface area contributed by atoms with Crippen molar-refractivity contribution in [1.29, 1.82) is 0 Å². The summed E-state index contributed by atoms with van der Waals surface area (Å²) in [5.41, 5.74) is 1.56. The third-order valence-electron chi connectivity index (χ3n) is 5.61. The first-order chi connectivity index (χ1) is 15.4. The zero-order valence-corrected chi connectivity index (χ0v) is 18.5. The van der Waals surface area contributed by atoms with Crippen LogP contribution in [0.4, 0.5) is 0 Å². The highest BCUT2D eigenvalue weighted by atomic mass is 35.5. The first kappa shape index (κ1) is 22.2. The van der Waals surface area contributed by atoms with E-state index in [9.17, 15) is 9.59 Å². The minimum atomic E-state index is -0.783. The minimum Gasteiger partial charge on any atom is -0.496 e. The fourth-order valence-electron chi connectivity index (χ4n) is 3.75. The van der Waals surface area contributed by atoms with Gasteiger partial charge in [0.15, 0.2) is 11.0 Å². The summed E-state index contributed by atoms with van der Waals surface area (Å²) in [6.07, 6.45) is 0.969. The Balaban J connectivity index is 1.57. The number of benzene rings is 2. The van der Waals surface area contributed by atoms with Crippen LogP contribution < -0.4 is 14.9 Å². The molecule has 1 heterocycles. The number of hydrogen-bond acceptors (Lipinski definition) is 6.